The van der Waals surface area contributed by atoms with Crippen molar-refractivity contribution in [1.29, 1.82) is 0 Å². The van der Waals surface area contributed by atoms with Gasteiger partial charge in [-0.2, -0.15) is 0 Å². The average molecular weight is 325 g/mol. The molecule has 0 aliphatic heterocycles. The second-order valence-corrected chi connectivity index (χ2v) is 6.26. The van der Waals surface area contributed by atoms with Crippen LogP contribution < -0.4 is 5.73 Å². The number of amides is 1. The van der Waals surface area contributed by atoms with Crippen LogP contribution >= 0.6 is 0 Å². The molecule has 0 aromatic carbocycles. The molecule has 0 saturated carbocycles. The zero-order chi connectivity index (χ0) is 17.3. The quantitative estimate of drug-likeness (QED) is 0.255. The minimum Gasteiger partial charge on any atom is -0.385 e. The van der Waals surface area contributed by atoms with E-state index in [1.807, 2.05) is 0 Å². The summed E-state index contributed by atoms with van der Waals surface area (Å²) < 4.78 is 0. The van der Waals surface area contributed by atoms with Crippen LogP contribution in [0.2, 0.25) is 0 Å². The SMILES string of the molecule is CCCCCCCC/C=C\CCCCCCC(O)C(=O)C(N)=O. The number of carbonyl (C=O) groups excluding carboxylic acids is 2. The van der Waals surface area contributed by atoms with Gasteiger partial charge in [-0.15, -0.1) is 0 Å². The Balaban J connectivity index is 3.31. The van der Waals surface area contributed by atoms with Gasteiger partial charge in [0.1, 0.15) is 6.10 Å². The van der Waals surface area contributed by atoms with Crippen molar-refractivity contribution in [3.8, 4) is 0 Å². The predicted molar refractivity (Wildman–Crippen MR) is 95.0 cm³/mol. The summed E-state index contributed by atoms with van der Waals surface area (Å²) in [5.74, 6) is -1.92. The van der Waals surface area contributed by atoms with Crippen molar-refractivity contribution >= 4 is 11.7 Å². The Hall–Kier alpha value is -1.16. The number of Topliss-reactive ketones (excluding diaryl/α,β-unsaturated/α-hetero) is 1. The van der Waals surface area contributed by atoms with Crippen molar-refractivity contribution in [3.05, 3.63) is 12.2 Å². The van der Waals surface area contributed by atoms with Gasteiger partial charge in [-0.1, -0.05) is 70.4 Å². The molecule has 0 heterocycles. The molecular weight excluding hydrogens is 290 g/mol. The molecule has 1 atom stereocenters. The average Bonchev–Trinajstić information content (AvgIpc) is 2.54. The fourth-order valence-electron chi connectivity index (χ4n) is 2.53. The van der Waals surface area contributed by atoms with Crippen LogP contribution in [-0.4, -0.2) is 22.9 Å². The lowest BCUT2D eigenvalue weighted by atomic mass is 10.0. The molecule has 0 aromatic heterocycles. The molecule has 0 saturated heterocycles. The van der Waals surface area contributed by atoms with Crippen molar-refractivity contribution in [2.45, 2.75) is 96.5 Å². The number of rotatable bonds is 16. The number of hydrogen-bond donors (Lipinski definition) is 2. The van der Waals surface area contributed by atoms with Crippen LogP contribution in [0.25, 0.3) is 0 Å². The van der Waals surface area contributed by atoms with Crippen molar-refractivity contribution in [1.82, 2.24) is 0 Å². The molecule has 0 aromatic rings. The van der Waals surface area contributed by atoms with Crippen LogP contribution in [0.1, 0.15) is 90.4 Å². The third kappa shape index (κ3) is 14.2. The summed E-state index contributed by atoms with van der Waals surface area (Å²) in [4.78, 5) is 21.7. The molecule has 23 heavy (non-hydrogen) atoms. The third-order valence-electron chi connectivity index (χ3n) is 4.03. The van der Waals surface area contributed by atoms with Gasteiger partial charge >= 0.3 is 0 Å². The first-order valence-electron chi connectivity index (χ1n) is 9.26. The molecule has 4 nitrogen and oxygen atoms in total. The predicted octanol–water partition coefficient (Wildman–Crippen LogP) is 4.05. The number of aliphatic hydroxyl groups excluding tert-OH is 1. The highest BCUT2D eigenvalue weighted by Crippen LogP contribution is 2.10. The van der Waals surface area contributed by atoms with Crippen molar-refractivity contribution in [3.63, 3.8) is 0 Å². The summed E-state index contributed by atoms with van der Waals surface area (Å²) in [6.07, 6.45) is 17.9. The van der Waals surface area contributed by atoms with Crippen LogP contribution in [-0.2, 0) is 9.59 Å². The van der Waals surface area contributed by atoms with Crippen LogP contribution in [0.5, 0.6) is 0 Å². The Morgan fingerprint density at radius 2 is 1.35 bits per heavy atom. The highest BCUT2D eigenvalue weighted by atomic mass is 16.3. The van der Waals surface area contributed by atoms with Gasteiger partial charge in [0.15, 0.2) is 0 Å². The van der Waals surface area contributed by atoms with Gasteiger partial charge in [0.05, 0.1) is 0 Å². The van der Waals surface area contributed by atoms with E-state index >= 15 is 0 Å². The van der Waals surface area contributed by atoms with E-state index in [1.54, 1.807) is 0 Å². The number of aliphatic hydroxyl groups is 1. The van der Waals surface area contributed by atoms with E-state index in [2.05, 4.69) is 19.1 Å². The van der Waals surface area contributed by atoms with E-state index in [4.69, 9.17) is 5.73 Å². The first kappa shape index (κ1) is 21.8. The maximum absolute atomic E-state index is 11.1. The molecular formula is C19H35NO3. The molecule has 1 unspecified atom stereocenters. The Labute approximate surface area is 141 Å². The number of allylic oxidation sites excluding steroid dienone is 2. The summed E-state index contributed by atoms with van der Waals surface area (Å²) in [7, 11) is 0. The van der Waals surface area contributed by atoms with E-state index in [1.165, 1.54) is 44.9 Å². The van der Waals surface area contributed by atoms with Crippen LogP contribution in [0.3, 0.4) is 0 Å². The molecule has 0 rings (SSSR count). The van der Waals surface area contributed by atoms with E-state index in [-0.39, 0.29) is 0 Å². The Kier molecular flexibility index (Phi) is 14.9. The molecule has 0 radical (unpaired) electrons. The second kappa shape index (κ2) is 15.7. The molecule has 3 N–H and O–H groups in total. The van der Waals surface area contributed by atoms with Gasteiger partial charge in [-0.3, -0.25) is 9.59 Å². The first-order chi connectivity index (χ1) is 11.1. The fourth-order valence-corrected chi connectivity index (χ4v) is 2.53. The van der Waals surface area contributed by atoms with E-state index in [9.17, 15) is 14.7 Å². The smallest absolute Gasteiger partial charge is 0.287 e. The van der Waals surface area contributed by atoms with Crippen LogP contribution in [0.15, 0.2) is 12.2 Å². The molecule has 4 heteroatoms. The first-order valence-corrected chi connectivity index (χ1v) is 9.26. The van der Waals surface area contributed by atoms with Crippen LogP contribution in [0.4, 0.5) is 0 Å². The van der Waals surface area contributed by atoms with Gasteiger partial charge in [-0.05, 0) is 32.1 Å². The second-order valence-electron chi connectivity index (χ2n) is 6.26. The van der Waals surface area contributed by atoms with E-state index < -0.39 is 17.8 Å². The van der Waals surface area contributed by atoms with Gasteiger partial charge in [0.25, 0.3) is 5.91 Å². The van der Waals surface area contributed by atoms with Gasteiger partial charge in [0, 0.05) is 0 Å². The summed E-state index contributed by atoms with van der Waals surface area (Å²) >= 11 is 0. The molecule has 134 valence electrons. The lowest BCUT2D eigenvalue weighted by Gasteiger charge is -2.06. The maximum atomic E-state index is 11.1. The summed E-state index contributed by atoms with van der Waals surface area (Å²) in [5.41, 5.74) is 4.83. The standard InChI is InChI=1S/C19H35NO3/c1-2-3-4-5-6-7-8-9-10-11-12-13-14-15-16-17(21)18(22)19(20)23/h9-10,17,21H,2-8,11-16H2,1H3,(H2,20,23)/b10-9-. The number of carbonyl (C=O) groups is 2. The number of hydrogen-bond acceptors (Lipinski definition) is 3. The largest absolute Gasteiger partial charge is 0.385 e. The molecule has 0 spiro atoms. The van der Waals surface area contributed by atoms with Crippen molar-refractivity contribution in [2.24, 2.45) is 5.73 Å². The molecule has 0 bridgehead atoms. The zero-order valence-corrected chi connectivity index (χ0v) is 14.8. The van der Waals surface area contributed by atoms with Gasteiger partial charge < -0.3 is 10.8 Å². The van der Waals surface area contributed by atoms with Crippen molar-refractivity contribution in [2.75, 3.05) is 0 Å². The molecule has 0 aliphatic rings. The summed E-state index contributed by atoms with van der Waals surface area (Å²) in [5, 5.41) is 9.42. The van der Waals surface area contributed by atoms with Crippen molar-refractivity contribution < 1.29 is 14.7 Å². The minimum atomic E-state index is -1.22. The van der Waals surface area contributed by atoms with Crippen LogP contribution in [0, 0.1) is 0 Å². The fraction of sp³-hybridized carbons (Fsp3) is 0.789. The summed E-state index contributed by atoms with van der Waals surface area (Å²) in [6.45, 7) is 2.24. The summed E-state index contributed by atoms with van der Waals surface area (Å²) in [6, 6.07) is 0. The van der Waals surface area contributed by atoms with Gasteiger partial charge in [0.2, 0.25) is 5.78 Å². The highest BCUT2D eigenvalue weighted by Gasteiger charge is 2.19. The Morgan fingerprint density at radius 3 is 1.87 bits per heavy atom. The highest BCUT2D eigenvalue weighted by molar-refractivity contribution is 6.37. The zero-order valence-electron chi connectivity index (χ0n) is 14.8. The van der Waals surface area contributed by atoms with E-state index in [0.717, 1.165) is 32.1 Å². The monoisotopic (exact) mass is 325 g/mol. The normalized spacial score (nSPS) is 12.6. The topological polar surface area (TPSA) is 80.4 Å². The molecule has 0 aliphatic carbocycles. The lowest BCUT2D eigenvalue weighted by Crippen LogP contribution is -2.33. The lowest BCUT2D eigenvalue weighted by molar-refractivity contribution is -0.141. The Bertz CT molecular complexity index is 340. The van der Waals surface area contributed by atoms with E-state index in [0.29, 0.717) is 6.42 Å². The number of nitrogens with two attached hydrogens (primary N) is 1. The maximum Gasteiger partial charge on any atom is 0.287 e. The third-order valence-corrected chi connectivity index (χ3v) is 4.03. The number of unbranched alkanes of at least 4 members (excludes halogenated alkanes) is 10. The number of ketones is 1. The Morgan fingerprint density at radius 1 is 0.870 bits per heavy atom. The molecule has 0 fully saturated rings. The van der Waals surface area contributed by atoms with Gasteiger partial charge in [-0.25, -0.2) is 0 Å². The molecule has 1 amide bonds. The number of primary amides is 1. The minimum absolute atomic E-state index is 0.329.